The lowest BCUT2D eigenvalue weighted by Gasteiger charge is -2.19. The van der Waals surface area contributed by atoms with Crippen LogP contribution >= 0.6 is 0 Å². The van der Waals surface area contributed by atoms with Crippen LogP contribution in [0.5, 0.6) is 0 Å². The van der Waals surface area contributed by atoms with Gasteiger partial charge in [-0.05, 0) is 45.4 Å². The fourth-order valence-electron chi connectivity index (χ4n) is 1.80. The van der Waals surface area contributed by atoms with Crippen LogP contribution < -0.4 is 4.90 Å². The molecule has 17 heavy (non-hydrogen) atoms. The van der Waals surface area contributed by atoms with Crippen molar-refractivity contribution in [3.63, 3.8) is 0 Å². The lowest BCUT2D eigenvalue weighted by molar-refractivity contribution is -0.153. The molecule has 3 heteroatoms. The van der Waals surface area contributed by atoms with Gasteiger partial charge in [-0.1, -0.05) is 12.1 Å². The first-order valence-electron chi connectivity index (χ1n) is 5.93. The Hall–Kier alpha value is -1.51. The van der Waals surface area contributed by atoms with Gasteiger partial charge in [0.05, 0.1) is 6.54 Å². The molecule has 1 aliphatic rings. The van der Waals surface area contributed by atoms with Crippen molar-refractivity contribution >= 4 is 11.7 Å². The van der Waals surface area contributed by atoms with Crippen molar-refractivity contribution in [1.82, 2.24) is 0 Å². The number of rotatable bonds is 2. The Kier molecular flexibility index (Phi) is 2.86. The van der Waals surface area contributed by atoms with E-state index >= 15 is 0 Å². The summed E-state index contributed by atoms with van der Waals surface area (Å²) in [5.74, 6) is -0.126. The molecule has 1 aromatic rings. The minimum atomic E-state index is -0.405. The maximum Gasteiger partial charge on any atom is 0.331 e. The number of hydrogen-bond acceptors (Lipinski definition) is 3. The van der Waals surface area contributed by atoms with E-state index in [1.807, 2.05) is 32.9 Å². The van der Waals surface area contributed by atoms with Crippen molar-refractivity contribution in [3.8, 4) is 0 Å². The molecule has 1 aromatic carbocycles. The van der Waals surface area contributed by atoms with Gasteiger partial charge in [0.25, 0.3) is 0 Å². The van der Waals surface area contributed by atoms with Crippen LogP contribution in [0.4, 0.5) is 5.69 Å². The zero-order valence-electron chi connectivity index (χ0n) is 10.9. The summed E-state index contributed by atoms with van der Waals surface area (Å²) in [6.07, 6.45) is 0. The number of carbonyl (C=O) groups is 1. The van der Waals surface area contributed by atoms with Crippen molar-refractivity contribution in [1.29, 1.82) is 0 Å². The van der Waals surface area contributed by atoms with E-state index in [0.717, 1.165) is 12.2 Å². The van der Waals surface area contributed by atoms with Crippen molar-refractivity contribution in [3.05, 3.63) is 29.8 Å². The Morgan fingerprint density at radius 2 is 2.12 bits per heavy atom. The third kappa shape index (κ3) is 2.99. The summed E-state index contributed by atoms with van der Waals surface area (Å²) in [7, 11) is 0. The highest BCUT2D eigenvalue weighted by atomic mass is 16.6. The van der Waals surface area contributed by atoms with Gasteiger partial charge in [0, 0.05) is 5.69 Å². The third-order valence-corrected chi connectivity index (χ3v) is 2.62. The highest BCUT2D eigenvalue weighted by Gasteiger charge is 2.43. The molecule has 1 heterocycles. The van der Waals surface area contributed by atoms with Gasteiger partial charge in [-0.15, -0.1) is 0 Å². The number of esters is 1. The summed E-state index contributed by atoms with van der Waals surface area (Å²) in [5, 5.41) is 0. The van der Waals surface area contributed by atoms with Crippen LogP contribution in [-0.2, 0) is 9.53 Å². The monoisotopic (exact) mass is 233 g/mol. The van der Waals surface area contributed by atoms with E-state index < -0.39 is 5.60 Å². The summed E-state index contributed by atoms with van der Waals surface area (Å²) >= 11 is 0. The minimum absolute atomic E-state index is 0.101. The van der Waals surface area contributed by atoms with Gasteiger partial charge < -0.3 is 9.64 Å². The third-order valence-electron chi connectivity index (χ3n) is 2.62. The first-order chi connectivity index (χ1) is 7.87. The van der Waals surface area contributed by atoms with Crippen LogP contribution in [-0.4, -0.2) is 24.2 Å². The zero-order chi connectivity index (χ0) is 12.6. The number of nitrogens with zero attached hydrogens (tertiary/aromatic N) is 1. The molecule has 0 aromatic heterocycles. The maximum absolute atomic E-state index is 11.8. The molecule has 0 amide bonds. The first-order valence-corrected chi connectivity index (χ1v) is 5.93. The second-order valence-electron chi connectivity index (χ2n) is 5.54. The molecule has 0 bridgehead atoms. The maximum atomic E-state index is 11.8. The van der Waals surface area contributed by atoms with Crippen LogP contribution in [0.1, 0.15) is 26.3 Å². The Morgan fingerprint density at radius 3 is 2.71 bits per heavy atom. The van der Waals surface area contributed by atoms with Crippen LogP contribution in [0, 0.1) is 6.92 Å². The summed E-state index contributed by atoms with van der Waals surface area (Å²) in [6, 6.07) is 8.07. The number of ether oxygens (including phenoxy) is 1. The first kappa shape index (κ1) is 12.0. The van der Waals surface area contributed by atoms with Gasteiger partial charge in [-0.2, -0.15) is 0 Å². The predicted octanol–water partition coefficient (Wildman–Crippen LogP) is 2.53. The van der Waals surface area contributed by atoms with Crippen LogP contribution in [0.3, 0.4) is 0 Å². The number of anilines is 1. The van der Waals surface area contributed by atoms with E-state index in [4.69, 9.17) is 4.74 Å². The second-order valence-corrected chi connectivity index (χ2v) is 5.54. The van der Waals surface area contributed by atoms with Crippen molar-refractivity contribution in [2.24, 2.45) is 0 Å². The van der Waals surface area contributed by atoms with E-state index in [-0.39, 0.29) is 12.0 Å². The molecular weight excluding hydrogens is 214 g/mol. The molecule has 0 spiro atoms. The molecule has 0 N–H and O–H groups in total. The summed E-state index contributed by atoms with van der Waals surface area (Å²) in [5.41, 5.74) is 1.90. The standard InChI is InChI=1S/C14H19NO2/c1-10-6-5-7-11(8-10)15-9-12(15)13(16)17-14(2,3)4/h5-8,12H,9H2,1-4H3/t12-,15?/m1/s1. The quantitative estimate of drug-likeness (QED) is 0.580. The molecule has 1 aliphatic heterocycles. The summed E-state index contributed by atoms with van der Waals surface area (Å²) in [4.78, 5) is 13.9. The van der Waals surface area contributed by atoms with E-state index in [0.29, 0.717) is 0 Å². The smallest absolute Gasteiger partial charge is 0.331 e. The van der Waals surface area contributed by atoms with Gasteiger partial charge >= 0.3 is 5.97 Å². The van der Waals surface area contributed by atoms with Crippen molar-refractivity contribution in [2.45, 2.75) is 39.3 Å². The Bertz CT molecular complexity index is 434. The summed E-state index contributed by atoms with van der Waals surface area (Å²) in [6.45, 7) is 8.49. The Labute approximate surface area is 102 Å². The predicted molar refractivity (Wildman–Crippen MR) is 68.2 cm³/mol. The van der Waals surface area contributed by atoms with E-state index in [2.05, 4.69) is 24.0 Å². The molecule has 2 rings (SSSR count). The molecule has 1 saturated heterocycles. The van der Waals surface area contributed by atoms with Crippen molar-refractivity contribution in [2.75, 3.05) is 11.4 Å². The molecular formula is C14H19NO2. The average molecular weight is 233 g/mol. The normalized spacial score (nSPS) is 19.1. The van der Waals surface area contributed by atoms with Gasteiger partial charge in [-0.25, -0.2) is 4.79 Å². The number of hydrogen-bond donors (Lipinski definition) is 0. The molecule has 1 atom stereocenters. The zero-order valence-corrected chi connectivity index (χ0v) is 10.9. The second kappa shape index (κ2) is 4.06. The Balaban J connectivity index is 1.99. The fraction of sp³-hybridized carbons (Fsp3) is 0.500. The van der Waals surface area contributed by atoms with Crippen LogP contribution in [0.2, 0.25) is 0 Å². The number of aryl methyl sites for hydroxylation is 1. The largest absolute Gasteiger partial charge is 0.458 e. The van der Waals surface area contributed by atoms with Gasteiger partial charge in [0.1, 0.15) is 11.6 Å². The fourth-order valence-corrected chi connectivity index (χ4v) is 1.80. The van der Waals surface area contributed by atoms with Gasteiger partial charge in [0.15, 0.2) is 0 Å². The van der Waals surface area contributed by atoms with E-state index in [1.165, 1.54) is 5.56 Å². The number of benzene rings is 1. The minimum Gasteiger partial charge on any atom is -0.458 e. The topological polar surface area (TPSA) is 29.3 Å². The highest BCUT2D eigenvalue weighted by molar-refractivity contribution is 5.86. The molecule has 0 radical (unpaired) electrons. The van der Waals surface area contributed by atoms with Gasteiger partial charge in [0.2, 0.25) is 0 Å². The summed E-state index contributed by atoms with van der Waals surface area (Å²) < 4.78 is 5.36. The molecule has 92 valence electrons. The number of carbonyl (C=O) groups excluding carboxylic acids is 1. The van der Waals surface area contributed by atoms with E-state index in [1.54, 1.807) is 0 Å². The molecule has 0 unspecified atom stereocenters. The Morgan fingerprint density at radius 1 is 1.41 bits per heavy atom. The van der Waals surface area contributed by atoms with Crippen LogP contribution in [0.15, 0.2) is 24.3 Å². The highest BCUT2D eigenvalue weighted by Crippen LogP contribution is 2.29. The molecule has 3 nitrogen and oxygen atoms in total. The SMILES string of the molecule is Cc1cccc(N2C[C@@H]2C(=O)OC(C)(C)C)c1. The lowest BCUT2D eigenvalue weighted by Crippen LogP contribution is -2.28. The average Bonchev–Trinajstić information content (AvgIpc) is 2.94. The lowest BCUT2D eigenvalue weighted by atomic mass is 10.2. The molecule has 0 aliphatic carbocycles. The molecule has 0 saturated carbocycles. The van der Waals surface area contributed by atoms with Crippen molar-refractivity contribution < 1.29 is 9.53 Å². The van der Waals surface area contributed by atoms with E-state index in [9.17, 15) is 4.79 Å². The van der Waals surface area contributed by atoms with Crippen LogP contribution in [0.25, 0.3) is 0 Å². The van der Waals surface area contributed by atoms with Gasteiger partial charge in [-0.3, -0.25) is 0 Å². The molecule has 1 fully saturated rings.